The molecule has 0 aliphatic heterocycles. The molecule has 0 bridgehead atoms. The minimum absolute atomic E-state index is 0.0458. The zero-order chi connectivity index (χ0) is 14.1. The van der Waals surface area contributed by atoms with Crippen molar-refractivity contribution in [3.63, 3.8) is 0 Å². The van der Waals surface area contributed by atoms with Crippen LogP contribution in [0.4, 0.5) is 0 Å². The Kier molecular flexibility index (Phi) is 3.51. The quantitative estimate of drug-likeness (QED) is 0.874. The lowest BCUT2D eigenvalue weighted by Gasteiger charge is -2.25. The molecule has 0 unspecified atom stereocenters. The minimum Gasteiger partial charge on any atom is -0.358 e. The van der Waals surface area contributed by atoms with Crippen LogP contribution in [-0.4, -0.2) is 17.4 Å². The van der Waals surface area contributed by atoms with Gasteiger partial charge in [0.15, 0.2) is 0 Å². The fourth-order valence-electron chi connectivity index (χ4n) is 2.88. The summed E-state index contributed by atoms with van der Waals surface area (Å²) in [6.45, 7) is 4.95. The molecule has 2 aromatic rings. The third-order valence-electron chi connectivity index (χ3n) is 4.63. The number of fused-ring (bicyclic) bond motifs is 1. The van der Waals surface area contributed by atoms with Gasteiger partial charge in [0.25, 0.3) is 5.91 Å². The largest absolute Gasteiger partial charge is 0.358 e. The van der Waals surface area contributed by atoms with Crippen molar-refractivity contribution in [1.82, 2.24) is 10.3 Å². The van der Waals surface area contributed by atoms with E-state index in [4.69, 9.17) is 0 Å². The summed E-state index contributed by atoms with van der Waals surface area (Å²) in [5, 5.41) is 4.19. The minimum atomic E-state index is 0.0458. The van der Waals surface area contributed by atoms with E-state index >= 15 is 0 Å². The van der Waals surface area contributed by atoms with Gasteiger partial charge in [-0.05, 0) is 49.9 Å². The molecule has 0 spiro atoms. The first-order valence-electron chi connectivity index (χ1n) is 7.52. The number of hydrogen-bond donors (Lipinski definition) is 2. The number of hydrogen-bond acceptors (Lipinski definition) is 1. The van der Waals surface area contributed by atoms with Crippen molar-refractivity contribution in [2.45, 2.75) is 39.5 Å². The van der Waals surface area contributed by atoms with Gasteiger partial charge in [-0.25, -0.2) is 0 Å². The van der Waals surface area contributed by atoms with Crippen molar-refractivity contribution in [2.24, 2.45) is 5.92 Å². The third kappa shape index (κ3) is 2.45. The molecule has 1 aliphatic carbocycles. The molecule has 2 N–H and O–H groups in total. The van der Waals surface area contributed by atoms with Gasteiger partial charge in [0.2, 0.25) is 0 Å². The Morgan fingerprint density at radius 2 is 2.15 bits per heavy atom. The molecule has 0 radical (unpaired) electrons. The van der Waals surface area contributed by atoms with Crippen LogP contribution in [0, 0.1) is 19.8 Å². The molecule has 3 nitrogen and oxygen atoms in total. The number of carbonyl (C=O) groups is 1. The van der Waals surface area contributed by atoms with Gasteiger partial charge in [-0.2, -0.15) is 0 Å². The molecule has 106 valence electrons. The SMILES string of the molecule is Cc1[nH]c2ccc(C(=O)NCCC3CCC3)cc2c1C. The van der Waals surface area contributed by atoms with Gasteiger partial charge in [0, 0.05) is 28.7 Å². The maximum absolute atomic E-state index is 12.2. The van der Waals surface area contributed by atoms with Gasteiger partial charge >= 0.3 is 0 Å². The maximum Gasteiger partial charge on any atom is 0.251 e. The Bertz CT molecular complexity index is 638. The highest BCUT2D eigenvalue weighted by Gasteiger charge is 2.17. The average molecular weight is 270 g/mol. The molecule has 1 amide bonds. The Morgan fingerprint density at radius 3 is 2.85 bits per heavy atom. The highest BCUT2D eigenvalue weighted by atomic mass is 16.1. The van der Waals surface area contributed by atoms with E-state index in [0.717, 1.165) is 35.3 Å². The van der Waals surface area contributed by atoms with Gasteiger partial charge in [0.05, 0.1) is 0 Å². The third-order valence-corrected chi connectivity index (χ3v) is 4.63. The maximum atomic E-state index is 12.2. The number of carbonyl (C=O) groups excluding carboxylic acids is 1. The Balaban J connectivity index is 1.68. The standard InChI is InChI=1S/C17H22N2O/c1-11-12(2)19-16-7-6-14(10-15(11)16)17(20)18-9-8-13-4-3-5-13/h6-7,10,13,19H,3-5,8-9H2,1-2H3,(H,18,20). The van der Waals surface area contributed by atoms with Crippen molar-refractivity contribution in [2.75, 3.05) is 6.54 Å². The summed E-state index contributed by atoms with van der Waals surface area (Å²) >= 11 is 0. The summed E-state index contributed by atoms with van der Waals surface area (Å²) in [6.07, 6.45) is 5.16. The van der Waals surface area contributed by atoms with Gasteiger partial charge in [-0.15, -0.1) is 0 Å². The molecule has 0 atom stereocenters. The molecule has 3 heteroatoms. The molecule has 1 aliphatic rings. The smallest absolute Gasteiger partial charge is 0.251 e. The second-order valence-electron chi connectivity index (χ2n) is 5.98. The Labute approximate surface area is 119 Å². The summed E-state index contributed by atoms with van der Waals surface area (Å²) in [6, 6.07) is 5.89. The second kappa shape index (κ2) is 5.31. The van der Waals surface area contributed by atoms with Gasteiger partial charge in [-0.3, -0.25) is 4.79 Å². The van der Waals surface area contributed by atoms with E-state index in [0.29, 0.717) is 0 Å². The first kappa shape index (κ1) is 13.2. The molecule has 1 fully saturated rings. The topological polar surface area (TPSA) is 44.9 Å². The van der Waals surface area contributed by atoms with Crippen LogP contribution in [0.25, 0.3) is 10.9 Å². The van der Waals surface area contributed by atoms with Gasteiger partial charge in [0.1, 0.15) is 0 Å². The number of amides is 1. The van der Waals surface area contributed by atoms with Gasteiger partial charge in [-0.1, -0.05) is 19.3 Å². The molecule has 1 aromatic heterocycles. The van der Waals surface area contributed by atoms with E-state index in [2.05, 4.69) is 24.1 Å². The molecule has 3 rings (SSSR count). The van der Waals surface area contributed by atoms with Crippen molar-refractivity contribution in [3.8, 4) is 0 Å². The Hall–Kier alpha value is -1.77. The first-order chi connectivity index (χ1) is 9.65. The molecule has 20 heavy (non-hydrogen) atoms. The summed E-state index contributed by atoms with van der Waals surface area (Å²) in [5.74, 6) is 0.886. The molecule has 0 saturated heterocycles. The van der Waals surface area contributed by atoms with Crippen LogP contribution in [0.2, 0.25) is 0 Å². The molecule has 1 heterocycles. The second-order valence-corrected chi connectivity index (χ2v) is 5.98. The zero-order valence-corrected chi connectivity index (χ0v) is 12.3. The first-order valence-corrected chi connectivity index (χ1v) is 7.52. The van der Waals surface area contributed by atoms with Crippen LogP contribution >= 0.6 is 0 Å². The van der Waals surface area contributed by atoms with E-state index < -0.39 is 0 Å². The van der Waals surface area contributed by atoms with Crippen LogP contribution in [0.5, 0.6) is 0 Å². The monoisotopic (exact) mass is 270 g/mol. The average Bonchev–Trinajstić information content (AvgIpc) is 2.67. The predicted molar refractivity (Wildman–Crippen MR) is 82.1 cm³/mol. The van der Waals surface area contributed by atoms with E-state index in [1.165, 1.54) is 30.5 Å². The number of aromatic nitrogens is 1. The summed E-state index contributed by atoms with van der Waals surface area (Å²) in [4.78, 5) is 15.5. The van der Waals surface area contributed by atoms with E-state index in [1.807, 2.05) is 18.2 Å². The van der Waals surface area contributed by atoms with E-state index in [9.17, 15) is 4.79 Å². The van der Waals surface area contributed by atoms with Crippen LogP contribution in [0.15, 0.2) is 18.2 Å². The lowest BCUT2D eigenvalue weighted by Crippen LogP contribution is -2.27. The van der Waals surface area contributed by atoms with Crippen LogP contribution in [0.1, 0.15) is 47.3 Å². The number of benzene rings is 1. The Morgan fingerprint density at radius 1 is 1.35 bits per heavy atom. The zero-order valence-electron chi connectivity index (χ0n) is 12.3. The van der Waals surface area contributed by atoms with Crippen molar-refractivity contribution < 1.29 is 4.79 Å². The van der Waals surface area contributed by atoms with Crippen molar-refractivity contribution >= 4 is 16.8 Å². The number of aromatic amines is 1. The van der Waals surface area contributed by atoms with Crippen LogP contribution in [0.3, 0.4) is 0 Å². The predicted octanol–water partition coefficient (Wildman–Crippen LogP) is 3.70. The van der Waals surface area contributed by atoms with Crippen LogP contribution in [-0.2, 0) is 0 Å². The number of H-pyrrole nitrogens is 1. The fraction of sp³-hybridized carbons (Fsp3) is 0.471. The lowest BCUT2D eigenvalue weighted by molar-refractivity contribution is 0.0949. The molecular formula is C17H22N2O. The lowest BCUT2D eigenvalue weighted by atomic mass is 9.83. The summed E-state index contributed by atoms with van der Waals surface area (Å²) in [7, 11) is 0. The van der Waals surface area contributed by atoms with Crippen LogP contribution < -0.4 is 5.32 Å². The number of nitrogens with one attached hydrogen (secondary N) is 2. The normalized spacial score (nSPS) is 15.3. The molecular weight excluding hydrogens is 248 g/mol. The highest BCUT2D eigenvalue weighted by Crippen LogP contribution is 2.28. The number of aryl methyl sites for hydroxylation is 2. The highest BCUT2D eigenvalue weighted by molar-refractivity contribution is 5.99. The fourth-order valence-corrected chi connectivity index (χ4v) is 2.88. The molecule has 1 saturated carbocycles. The van der Waals surface area contributed by atoms with Crippen molar-refractivity contribution in [3.05, 3.63) is 35.0 Å². The molecule has 1 aromatic carbocycles. The number of rotatable bonds is 4. The summed E-state index contributed by atoms with van der Waals surface area (Å²) < 4.78 is 0. The van der Waals surface area contributed by atoms with E-state index in [-0.39, 0.29) is 5.91 Å². The van der Waals surface area contributed by atoms with Gasteiger partial charge < -0.3 is 10.3 Å². The van der Waals surface area contributed by atoms with E-state index in [1.54, 1.807) is 0 Å². The summed E-state index contributed by atoms with van der Waals surface area (Å²) in [5.41, 5.74) is 4.26. The van der Waals surface area contributed by atoms with Crippen molar-refractivity contribution in [1.29, 1.82) is 0 Å².